The molecule has 0 aliphatic carbocycles. The van der Waals surface area contributed by atoms with Crippen molar-refractivity contribution >= 4 is 33.3 Å². The number of rotatable bonds is 2. The van der Waals surface area contributed by atoms with E-state index in [0.717, 1.165) is 36.8 Å². The molecule has 0 unspecified atom stereocenters. The Morgan fingerprint density at radius 3 is 2.50 bits per heavy atom. The molecule has 118 valence electrons. The van der Waals surface area contributed by atoms with Gasteiger partial charge in [-0.1, -0.05) is 13.8 Å². The van der Waals surface area contributed by atoms with Crippen molar-refractivity contribution in [1.29, 1.82) is 0 Å². The molecule has 3 rings (SSSR count). The lowest BCUT2D eigenvalue weighted by Crippen LogP contribution is -2.50. The van der Waals surface area contributed by atoms with Crippen molar-refractivity contribution in [3.05, 3.63) is 16.8 Å². The number of thiophene rings is 1. The second-order valence-corrected chi connectivity index (χ2v) is 7.33. The minimum atomic E-state index is 0.0686. The Labute approximate surface area is 135 Å². The number of anilines is 1. The van der Waals surface area contributed by atoms with Crippen LogP contribution in [-0.4, -0.2) is 47.0 Å². The number of amides is 1. The molecule has 2 aromatic heterocycles. The van der Waals surface area contributed by atoms with Crippen molar-refractivity contribution in [2.75, 3.05) is 31.1 Å². The molecule has 6 heteroatoms. The number of aryl methyl sites for hydroxylation is 2. The summed E-state index contributed by atoms with van der Waals surface area (Å²) in [6, 6.07) is 0. The average molecular weight is 318 g/mol. The molecule has 22 heavy (non-hydrogen) atoms. The molecule has 1 saturated heterocycles. The molecule has 0 saturated carbocycles. The van der Waals surface area contributed by atoms with Crippen LogP contribution in [0.5, 0.6) is 0 Å². The molecule has 0 atom stereocenters. The van der Waals surface area contributed by atoms with Gasteiger partial charge < -0.3 is 9.80 Å². The maximum absolute atomic E-state index is 12.1. The van der Waals surface area contributed by atoms with Crippen molar-refractivity contribution in [1.82, 2.24) is 14.9 Å². The number of piperazine rings is 1. The Hall–Kier alpha value is -1.69. The Balaban J connectivity index is 1.84. The minimum Gasteiger partial charge on any atom is -0.352 e. The van der Waals surface area contributed by atoms with Gasteiger partial charge in [-0.15, -0.1) is 11.3 Å². The average Bonchev–Trinajstić information content (AvgIpc) is 2.81. The van der Waals surface area contributed by atoms with E-state index in [4.69, 9.17) is 0 Å². The van der Waals surface area contributed by atoms with E-state index in [-0.39, 0.29) is 11.8 Å². The third-order valence-corrected chi connectivity index (χ3v) is 5.45. The number of nitrogens with zero attached hydrogens (tertiary/aromatic N) is 4. The third kappa shape index (κ3) is 2.56. The summed E-state index contributed by atoms with van der Waals surface area (Å²) in [5, 5.41) is 1.17. The summed E-state index contributed by atoms with van der Waals surface area (Å²) in [5.41, 5.74) is 1.27. The number of carbonyl (C=O) groups excluding carboxylic acids is 1. The number of aromatic nitrogens is 2. The summed E-state index contributed by atoms with van der Waals surface area (Å²) in [6.07, 6.45) is 1.65. The van der Waals surface area contributed by atoms with Crippen LogP contribution in [-0.2, 0) is 4.79 Å². The summed E-state index contributed by atoms with van der Waals surface area (Å²) in [7, 11) is 0. The van der Waals surface area contributed by atoms with Crippen molar-refractivity contribution in [2.24, 2.45) is 5.92 Å². The van der Waals surface area contributed by atoms with E-state index in [2.05, 4.69) is 28.7 Å². The highest BCUT2D eigenvalue weighted by atomic mass is 32.1. The topological polar surface area (TPSA) is 49.3 Å². The van der Waals surface area contributed by atoms with Crippen LogP contribution in [0.15, 0.2) is 6.33 Å². The Bertz CT molecular complexity index is 701. The normalized spacial score (nSPS) is 15.9. The number of hydrogen-bond donors (Lipinski definition) is 0. The van der Waals surface area contributed by atoms with E-state index in [0.29, 0.717) is 0 Å². The number of carbonyl (C=O) groups is 1. The van der Waals surface area contributed by atoms with Crippen LogP contribution in [0, 0.1) is 19.8 Å². The maximum atomic E-state index is 12.1. The zero-order valence-electron chi connectivity index (χ0n) is 13.6. The van der Waals surface area contributed by atoms with Crippen molar-refractivity contribution in [3.8, 4) is 0 Å². The molecular formula is C16H22N4OS. The van der Waals surface area contributed by atoms with Crippen LogP contribution in [0.2, 0.25) is 0 Å². The Morgan fingerprint density at radius 1 is 1.18 bits per heavy atom. The van der Waals surface area contributed by atoms with Crippen LogP contribution in [0.3, 0.4) is 0 Å². The van der Waals surface area contributed by atoms with Crippen molar-refractivity contribution < 1.29 is 4.79 Å². The van der Waals surface area contributed by atoms with Crippen molar-refractivity contribution in [2.45, 2.75) is 27.7 Å². The van der Waals surface area contributed by atoms with Crippen LogP contribution in [0.1, 0.15) is 24.3 Å². The molecule has 1 aliphatic rings. The molecule has 0 aromatic carbocycles. The minimum absolute atomic E-state index is 0.0686. The highest BCUT2D eigenvalue weighted by Crippen LogP contribution is 2.34. The van der Waals surface area contributed by atoms with E-state index < -0.39 is 0 Å². The zero-order valence-corrected chi connectivity index (χ0v) is 14.4. The second kappa shape index (κ2) is 5.83. The fourth-order valence-corrected chi connectivity index (χ4v) is 3.90. The summed E-state index contributed by atoms with van der Waals surface area (Å²) < 4.78 is 0. The van der Waals surface area contributed by atoms with Gasteiger partial charge in [-0.2, -0.15) is 0 Å². The second-order valence-electron chi connectivity index (χ2n) is 6.13. The monoisotopic (exact) mass is 318 g/mol. The molecule has 0 spiro atoms. The van der Waals surface area contributed by atoms with Gasteiger partial charge in [0.2, 0.25) is 5.91 Å². The van der Waals surface area contributed by atoms with E-state index in [1.165, 1.54) is 15.8 Å². The van der Waals surface area contributed by atoms with Crippen LogP contribution in [0.25, 0.3) is 10.2 Å². The van der Waals surface area contributed by atoms with Gasteiger partial charge in [0.05, 0.1) is 5.39 Å². The first-order valence-electron chi connectivity index (χ1n) is 7.73. The van der Waals surface area contributed by atoms with Gasteiger partial charge in [0.1, 0.15) is 17.0 Å². The molecular weight excluding hydrogens is 296 g/mol. The lowest BCUT2D eigenvalue weighted by Gasteiger charge is -2.36. The largest absolute Gasteiger partial charge is 0.352 e. The molecule has 3 heterocycles. The van der Waals surface area contributed by atoms with Gasteiger partial charge >= 0.3 is 0 Å². The molecule has 0 bridgehead atoms. The first-order chi connectivity index (χ1) is 10.5. The van der Waals surface area contributed by atoms with Gasteiger partial charge in [-0.25, -0.2) is 9.97 Å². The first kappa shape index (κ1) is 15.2. The molecule has 2 aromatic rings. The van der Waals surface area contributed by atoms with E-state index in [9.17, 15) is 4.79 Å². The highest BCUT2D eigenvalue weighted by Gasteiger charge is 2.25. The SMILES string of the molecule is Cc1sc2ncnc(N3CCN(C(=O)C(C)C)CC3)c2c1C. The Kier molecular flexibility index (Phi) is 4.04. The first-order valence-corrected chi connectivity index (χ1v) is 8.55. The molecule has 1 aliphatic heterocycles. The van der Waals surface area contributed by atoms with Gasteiger partial charge in [0.25, 0.3) is 0 Å². The zero-order chi connectivity index (χ0) is 15.9. The lowest BCUT2D eigenvalue weighted by molar-refractivity contribution is -0.134. The smallest absolute Gasteiger partial charge is 0.225 e. The Morgan fingerprint density at radius 2 is 1.86 bits per heavy atom. The van der Waals surface area contributed by atoms with Gasteiger partial charge in [-0.05, 0) is 19.4 Å². The molecule has 5 nitrogen and oxygen atoms in total. The molecule has 1 fully saturated rings. The van der Waals surface area contributed by atoms with Gasteiger partial charge in [-0.3, -0.25) is 4.79 Å². The molecule has 0 N–H and O–H groups in total. The fraction of sp³-hybridized carbons (Fsp3) is 0.562. The van der Waals surface area contributed by atoms with E-state index in [1.54, 1.807) is 17.7 Å². The van der Waals surface area contributed by atoms with Gasteiger partial charge in [0.15, 0.2) is 0 Å². The van der Waals surface area contributed by atoms with E-state index >= 15 is 0 Å². The van der Waals surface area contributed by atoms with Crippen LogP contribution >= 0.6 is 11.3 Å². The number of hydrogen-bond acceptors (Lipinski definition) is 5. The summed E-state index contributed by atoms with van der Waals surface area (Å²) in [6.45, 7) is 11.4. The predicted octanol–water partition coefficient (Wildman–Crippen LogP) is 2.61. The van der Waals surface area contributed by atoms with Crippen LogP contribution in [0.4, 0.5) is 5.82 Å². The molecule has 1 amide bonds. The predicted molar refractivity (Wildman–Crippen MR) is 90.5 cm³/mol. The maximum Gasteiger partial charge on any atom is 0.225 e. The quantitative estimate of drug-likeness (QED) is 0.854. The lowest BCUT2D eigenvalue weighted by atomic mass is 10.1. The van der Waals surface area contributed by atoms with Gasteiger partial charge in [0, 0.05) is 37.0 Å². The molecule has 0 radical (unpaired) electrons. The summed E-state index contributed by atoms with van der Waals surface area (Å²) in [5.74, 6) is 1.33. The fourth-order valence-electron chi connectivity index (χ4n) is 2.91. The van der Waals surface area contributed by atoms with Crippen LogP contribution < -0.4 is 4.90 Å². The summed E-state index contributed by atoms with van der Waals surface area (Å²) >= 11 is 1.72. The van der Waals surface area contributed by atoms with Crippen molar-refractivity contribution in [3.63, 3.8) is 0 Å². The highest BCUT2D eigenvalue weighted by molar-refractivity contribution is 7.18. The number of fused-ring (bicyclic) bond motifs is 1. The third-order valence-electron chi connectivity index (χ3n) is 4.33. The summed E-state index contributed by atoms with van der Waals surface area (Å²) in [4.78, 5) is 27.6. The standard InChI is InChI=1S/C16H22N4OS/c1-10(2)16(21)20-7-5-19(6-8-20)14-13-11(3)12(4)22-15(13)18-9-17-14/h9-10H,5-8H2,1-4H3. The van der Waals surface area contributed by atoms with E-state index in [1.807, 2.05) is 18.7 Å².